The number of ether oxygens (including phenoxy) is 1. The second kappa shape index (κ2) is 8.72. The number of alkyl carbamates (subject to hydrolysis) is 1. The van der Waals surface area contributed by atoms with Crippen molar-refractivity contribution >= 4 is 6.09 Å². The van der Waals surface area contributed by atoms with Crippen molar-refractivity contribution in [1.29, 1.82) is 0 Å². The Labute approximate surface area is 107 Å². The lowest BCUT2D eigenvalue weighted by Gasteiger charge is -2.14. The Balaban J connectivity index is 2.03. The van der Waals surface area contributed by atoms with Gasteiger partial charge in [0.1, 0.15) is 0 Å². The molecule has 0 saturated heterocycles. The largest absolute Gasteiger partial charge is 0.449 e. The fraction of sp³-hybridized carbons (Fsp3) is 0.615. The smallest absolute Gasteiger partial charge is 0.407 e. The van der Waals surface area contributed by atoms with Crippen LogP contribution in [0.1, 0.15) is 19.3 Å². The number of carbonyl (C=O) groups excluding carboxylic acids is 1. The van der Waals surface area contributed by atoms with Crippen LogP contribution in [0.5, 0.6) is 0 Å². The molecule has 0 saturated carbocycles. The van der Waals surface area contributed by atoms with Gasteiger partial charge in [-0.2, -0.15) is 0 Å². The Hall–Kier alpha value is -1.33. The average Bonchev–Trinajstić information content (AvgIpc) is 2.38. The molecule has 5 heteroatoms. The number of hydrogen-bond acceptors (Lipinski definition) is 4. The third-order valence-electron chi connectivity index (χ3n) is 2.71. The fourth-order valence-electron chi connectivity index (χ4n) is 1.62. The number of carbonyl (C=O) groups is 1. The monoisotopic (exact) mass is 255 g/mol. The van der Waals surface area contributed by atoms with Crippen LogP contribution in [-0.2, 0) is 4.74 Å². The molecule has 0 aromatic rings. The van der Waals surface area contributed by atoms with E-state index >= 15 is 0 Å². The van der Waals surface area contributed by atoms with Crippen molar-refractivity contribution in [3.8, 4) is 0 Å². The first kappa shape index (κ1) is 14.7. The van der Waals surface area contributed by atoms with E-state index in [2.05, 4.69) is 5.32 Å². The summed E-state index contributed by atoms with van der Waals surface area (Å²) in [5.41, 5.74) is 0. The van der Waals surface area contributed by atoms with Crippen LogP contribution in [0.2, 0.25) is 0 Å². The van der Waals surface area contributed by atoms with Crippen LogP contribution in [0.4, 0.5) is 4.79 Å². The van der Waals surface area contributed by atoms with E-state index in [0.717, 1.165) is 6.42 Å². The highest BCUT2D eigenvalue weighted by Gasteiger charge is 2.09. The molecule has 0 aromatic carbocycles. The van der Waals surface area contributed by atoms with Crippen molar-refractivity contribution in [3.05, 3.63) is 24.3 Å². The Kier molecular flexibility index (Phi) is 7.13. The zero-order chi connectivity index (χ0) is 13.2. The average molecular weight is 255 g/mol. The van der Waals surface area contributed by atoms with Gasteiger partial charge >= 0.3 is 6.09 Å². The summed E-state index contributed by atoms with van der Waals surface area (Å²) < 4.78 is 5.06. The van der Waals surface area contributed by atoms with Gasteiger partial charge < -0.3 is 20.3 Å². The minimum Gasteiger partial charge on any atom is -0.449 e. The van der Waals surface area contributed by atoms with Crippen LogP contribution in [0.15, 0.2) is 24.3 Å². The maximum absolute atomic E-state index is 11.3. The molecule has 0 radical (unpaired) electrons. The minimum atomic E-state index is -0.582. The topological polar surface area (TPSA) is 78.8 Å². The lowest BCUT2D eigenvalue weighted by molar-refractivity contribution is 0.117. The predicted molar refractivity (Wildman–Crippen MR) is 68.1 cm³/mol. The molecule has 0 heterocycles. The fourth-order valence-corrected chi connectivity index (χ4v) is 1.62. The lowest BCUT2D eigenvalue weighted by atomic mass is 10.0. The Morgan fingerprint density at radius 1 is 1.44 bits per heavy atom. The molecule has 5 nitrogen and oxygen atoms in total. The third kappa shape index (κ3) is 6.42. The summed E-state index contributed by atoms with van der Waals surface area (Å²) >= 11 is 0. The van der Waals surface area contributed by atoms with Gasteiger partial charge in [0.2, 0.25) is 0 Å². The standard InChI is InChI=1S/C13H21NO4/c15-9-7-12(16)6-8-14-13(17)18-10-11-4-2-1-3-5-11/h1-4,11-12,15-16H,5-10H2,(H,14,17). The quantitative estimate of drug-likeness (QED) is 0.633. The van der Waals surface area contributed by atoms with Gasteiger partial charge in [-0.05, 0) is 19.3 Å². The summed E-state index contributed by atoms with van der Waals surface area (Å²) in [5, 5.41) is 20.5. The van der Waals surface area contributed by atoms with E-state index < -0.39 is 12.2 Å². The molecule has 18 heavy (non-hydrogen) atoms. The number of nitrogens with one attached hydrogen (secondary N) is 1. The number of rotatable bonds is 7. The van der Waals surface area contributed by atoms with Crippen LogP contribution >= 0.6 is 0 Å². The van der Waals surface area contributed by atoms with Crippen molar-refractivity contribution in [2.24, 2.45) is 5.92 Å². The van der Waals surface area contributed by atoms with E-state index in [9.17, 15) is 9.90 Å². The zero-order valence-electron chi connectivity index (χ0n) is 10.4. The maximum atomic E-state index is 11.3. The SMILES string of the molecule is O=C(NCCC(O)CCO)OCC1C=CC=CC1. The summed E-state index contributed by atoms with van der Waals surface area (Å²) in [5.74, 6) is 0.251. The third-order valence-corrected chi connectivity index (χ3v) is 2.71. The van der Waals surface area contributed by atoms with E-state index in [-0.39, 0.29) is 12.5 Å². The van der Waals surface area contributed by atoms with Crippen LogP contribution in [0.25, 0.3) is 0 Å². The van der Waals surface area contributed by atoms with Gasteiger partial charge in [-0.3, -0.25) is 0 Å². The molecule has 0 fully saturated rings. The van der Waals surface area contributed by atoms with Gasteiger partial charge in [0.15, 0.2) is 0 Å². The maximum Gasteiger partial charge on any atom is 0.407 e. The van der Waals surface area contributed by atoms with Crippen molar-refractivity contribution in [2.45, 2.75) is 25.4 Å². The summed E-state index contributed by atoms with van der Waals surface area (Å²) in [7, 11) is 0. The molecule has 3 N–H and O–H groups in total. The highest BCUT2D eigenvalue weighted by Crippen LogP contribution is 2.11. The number of hydrogen-bond donors (Lipinski definition) is 3. The van der Waals surface area contributed by atoms with E-state index in [0.29, 0.717) is 26.0 Å². The lowest BCUT2D eigenvalue weighted by Crippen LogP contribution is -2.29. The first-order valence-electron chi connectivity index (χ1n) is 6.25. The predicted octanol–water partition coefficient (Wildman–Crippen LogP) is 0.978. The second-order valence-electron chi connectivity index (χ2n) is 4.29. The molecule has 0 spiro atoms. The Morgan fingerprint density at radius 2 is 2.28 bits per heavy atom. The van der Waals surface area contributed by atoms with Gasteiger partial charge in [-0.1, -0.05) is 24.3 Å². The molecule has 1 aliphatic rings. The number of aliphatic hydroxyl groups excluding tert-OH is 2. The number of aliphatic hydroxyl groups is 2. The first-order chi connectivity index (χ1) is 8.72. The van der Waals surface area contributed by atoms with Gasteiger partial charge in [0.05, 0.1) is 12.7 Å². The summed E-state index contributed by atoms with van der Waals surface area (Å²) in [6.07, 6.45) is 8.56. The molecule has 2 atom stereocenters. The summed E-state index contributed by atoms with van der Waals surface area (Å²) in [4.78, 5) is 11.3. The molecular formula is C13H21NO4. The van der Waals surface area contributed by atoms with Crippen LogP contribution in [0, 0.1) is 5.92 Å². The normalized spacial score (nSPS) is 19.6. The highest BCUT2D eigenvalue weighted by molar-refractivity contribution is 5.67. The summed E-state index contributed by atoms with van der Waals surface area (Å²) in [6.45, 7) is 0.666. The molecular weight excluding hydrogens is 234 g/mol. The van der Waals surface area contributed by atoms with E-state index in [4.69, 9.17) is 9.84 Å². The van der Waals surface area contributed by atoms with Crippen LogP contribution in [-0.4, -0.2) is 42.2 Å². The number of amides is 1. The molecule has 2 unspecified atom stereocenters. The second-order valence-corrected chi connectivity index (χ2v) is 4.29. The Morgan fingerprint density at radius 3 is 2.94 bits per heavy atom. The molecule has 1 rings (SSSR count). The van der Waals surface area contributed by atoms with Gasteiger partial charge in [0, 0.05) is 19.1 Å². The number of allylic oxidation sites excluding steroid dienone is 3. The van der Waals surface area contributed by atoms with E-state index in [1.54, 1.807) is 0 Å². The van der Waals surface area contributed by atoms with Crippen molar-refractivity contribution in [3.63, 3.8) is 0 Å². The van der Waals surface area contributed by atoms with Gasteiger partial charge in [0.25, 0.3) is 0 Å². The van der Waals surface area contributed by atoms with Crippen molar-refractivity contribution < 1.29 is 19.7 Å². The van der Waals surface area contributed by atoms with E-state index in [1.807, 2.05) is 24.3 Å². The molecule has 1 aliphatic carbocycles. The summed E-state index contributed by atoms with van der Waals surface area (Å²) in [6, 6.07) is 0. The van der Waals surface area contributed by atoms with Crippen molar-refractivity contribution in [2.75, 3.05) is 19.8 Å². The van der Waals surface area contributed by atoms with Crippen LogP contribution in [0.3, 0.4) is 0 Å². The zero-order valence-corrected chi connectivity index (χ0v) is 10.4. The molecule has 0 bridgehead atoms. The van der Waals surface area contributed by atoms with Gasteiger partial charge in [-0.15, -0.1) is 0 Å². The minimum absolute atomic E-state index is 0.0485. The van der Waals surface area contributed by atoms with E-state index in [1.165, 1.54) is 0 Å². The molecule has 0 aliphatic heterocycles. The first-order valence-corrected chi connectivity index (χ1v) is 6.25. The molecule has 102 valence electrons. The van der Waals surface area contributed by atoms with Crippen molar-refractivity contribution in [1.82, 2.24) is 5.32 Å². The highest BCUT2D eigenvalue weighted by atomic mass is 16.5. The van der Waals surface area contributed by atoms with Gasteiger partial charge in [-0.25, -0.2) is 4.79 Å². The van der Waals surface area contributed by atoms with Crippen LogP contribution < -0.4 is 5.32 Å². The molecule has 0 aromatic heterocycles. The Bertz CT molecular complexity index is 301. The molecule has 1 amide bonds.